The van der Waals surface area contributed by atoms with Crippen molar-refractivity contribution in [3.8, 4) is 11.1 Å². The van der Waals surface area contributed by atoms with Crippen LogP contribution in [0.3, 0.4) is 0 Å². The summed E-state index contributed by atoms with van der Waals surface area (Å²) in [6.45, 7) is 9.21. The molecule has 154 valence electrons. The van der Waals surface area contributed by atoms with Crippen molar-refractivity contribution in [1.29, 1.82) is 0 Å². The van der Waals surface area contributed by atoms with Gasteiger partial charge >= 0.3 is 0 Å². The van der Waals surface area contributed by atoms with Crippen LogP contribution in [0.2, 0.25) is 0 Å². The zero-order valence-electron chi connectivity index (χ0n) is 18.4. The molecule has 1 heterocycles. The quantitative estimate of drug-likeness (QED) is 0.364. The Bertz CT molecular complexity index is 1230. The van der Waals surface area contributed by atoms with Gasteiger partial charge in [-0.1, -0.05) is 80.1 Å². The molecule has 0 spiro atoms. The average molecular weight is 399 g/mol. The third kappa shape index (κ3) is 3.49. The molecule has 0 bridgehead atoms. The number of rotatable bonds is 6. The van der Waals surface area contributed by atoms with E-state index in [-0.39, 0.29) is 11.6 Å². The maximum atomic E-state index is 13.8. The molecule has 0 aliphatic carbocycles. The van der Waals surface area contributed by atoms with Gasteiger partial charge < -0.3 is 0 Å². The van der Waals surface area contributed by atoms with Crippen LogP contribution in [-0.4, -0.2) is 9.36 Å². The van der Waals surface area contributed by atoms with Gasteiger partial charge in [0.25, 0.3) is 5.56 Å². The van der Waals surface area contributed by atoms with Gasteiger partial charge in [0, 0.05) is 0 Å². The molecule has 0 aliphatic heterocycles. The Kier molecular flexibility index (Phi) is 5.63. The Morgan fingerprint density at radius 1 is 0.833 bits per heavy atom. The summed E-state index contributed by atoms with van der Waals surface area (Å²) in [6.07, 6.45) is 1.98. The molecular weight excluding hydrogens is 368 g/mol. The fourth-order valence-corrected chi connectivity index (χ4v) is 4.59. The Hall–Kier alpha value is -3.07. The van der Waals surface area contributed by atoms with Crippen LogP contribution in [0, 0.1) is 13.8 Å². The number of benzene rings is 3. The third-order valence-corrected chi connectivity index (χ3v) is 6.13. The summed E-state index contributed by atoms with van der Waals surface area (Å²) in [6, 6.07) is 23.3. The molecule has 3 heteroatoms. The number of hydrogen-bond donors (Lipinski definition) is 0. The molecule has 4 rings (SSSR count). The molecule has 3 nitrogen and oxygen atoms in total. The fraction of sp³-hybridized carbons (Fsp3) is 0.296. The van der Waals surface area contributed by atoms with Crippen molar-refractivity contribution in [2.75, 3.05) is 0 Å². The number of hydrogen-bond acceptors (Lipinski definition) is 1. The van der Waals surface area contributed by atoms with Crippen LogP contribution < -0.4 is 5.56 Å². The molecule has 30 heavy (non-hydrogen) atoms. The number of nitrogens with zero attached hydrogens (tertiary/aromatic N) is 2. The van der Waals surface area contributed by atoms with E-state index in [0.717, 1.165) is 40.4 Å². The van der Waals surface area contributed by atoms with Gasteiger partial charge in [0.2, 0.25) is 0 Å². The summed E-state index contributed by atoms with van der Waals surface area (Å²) in [4.78, 5) is 13.8. The van der Waals surface area contributed by atoms with E-state index in [0.29, 0.717) is 6.54 Å². The molecular formula is C27H30N2O. The predicted molar refractivity (Wildman–Crippen MR) is 126 cm³/mol. The second-order valence-corrected chi connectivity index (χ2v) is 8.18. The summed E-state index contributed by atoms with van der Waals surface area (Å²) in [5, 5.41) is 0.826. The standard InChI is InChI=1S/C27H30N2O/c1-5-22(6-2)29-25-14-10-13-24(23-16-15-19(3)17-20(23)4)26(25)27(30)28(29)18-21-11-8-7-9-12-21/h7-17,22H,5-6,18H2,1-4H3. The fourth-order valence-electron chi connectivity index (χ4n) is 4.59. The summed E-state index contributed by atoms with van der Waals surface area (Å²) in [5.74, 6) is 0. The number of fused-ring (bicyclic) bond motifs is 1. The minimum atomic E-state index is 0.0938. The first-order valence-electron chi connectivity index (χ1n) is 10.9. The van der Waals surface area contributed by atoms with Crippen molar-refractivity contribution in [3.05, 3.63) is 93.8 Å². The van der Waals surface area contributed by atoms with Crippen LogP contribution in [0.15, 0.2) is 71.5 Å². The van der Waals surface area contributed by atoms with Crippen molar-refractivity contribution >= 4 is 10.9 Å². The maximum absolute atomic E-state index is 13.8. The summed E-state index contributed by atoms with van der Waals surface area (Å²) in [5.41, 5.74) is 6.87. The molecule has 4 aromatic rings. The average Bonchev–Trinajstić information content (AvgIpc) is 3.02. The van der Waals surface area contributed by atoms with Gasteiger partial charge in [0.05, 0.1) is 23.5 Å². The van der Waals surface area contributed by atoms with Gasteiger partial charge in [-0.15, -0.1) is 0 Å². The van der Waals surface area contributed by atoms with Gasteiger partial charge in [-0.25, -0.2) is 4.68 Å². The molecule has 3 aromatic carbocycles. The minimum Gasteiger partial charge on any atom is -0.279 e. The molecule has 0 N–H and O–H groups in total. The van der Waals surface area contributed by atoms with Crippen molar-refractivity contribution < 1.29 is 0 Å². The molecule has 0 amide bonds. The zero-order chi connectivity index (χ0) is 21.3. The Morgan fingerprint density at radius 2 is 1.57 bits per heavy atom. The van der Waals surface area contributed by atoms with Crippen LogP contribution >= 0.6 is 0 Å². The number of aryl methyl sites for hydroxylation is 2. The lowest BCUT2D eigenvalue weighted by molar-refractivity contribution is 0.370. The van der Waals surface area contributed by atoms with E-state index in [1.54, 1.807) is 0 Å². The van der Waals surface area contributed by atoms with Crippen molar-refractivity contribution in [1.82, 2.24) is 9.36 Å². The topological polar surface area (TPSA) is 26.9 Å². The van der Waals surface area contributed by atoms with Crippen LogP contribution in [0.4, 0.5) is 0 Å². The molecule has 0 radical (unpaired) electrons. The first-order valence-corrected chi connectivity index (χ1v) is 10.9. The smallest absolute Gasteiger partial charge is 0.275 e. The number of aromatic nitrogens is 2. The second kappa shape index (κ2) is 8.35. The molecule has 0 atom stereocenters. The van der Waals surface area contributed by atoms with Crippen LogP contribution in [0.5, 0.6) is 0 Å². The SMILES string of the molecule is CCC(CC)n1c2cccc(-c3ccc(C)cc3C)c2c(=O)n1Cc1ccccc1. The monoisotopic (exact) mass is 398 g/mol. The molecule has 0 saturated heterocycles. The largest absolute Gasteiger partial charge is 0.279 e. The highest BCUT2D eigenvalue weighted by molar-refractivity contribution is 5.95. The third-order valence-electron chi connectivity index (χ3n) is 6.13. The molecule has 0 unspecified atom stereocenters. The first-order chi connectivity index (χ1) is 14.5. The van der Waals surface area contributed by atoms with E-state index in [4.69, 9.17) is 0 Å². The van der Waals surface area contributed by atoms with Gasteiger partial charge in [-0.2, -0.15) is 0 Å². The zero-order valence-corrected chi connectivity index (χ0v) is 18.4. The van der Waals surface area contributed by atoms with Crippen molar-refractivity contribution in [3.63, 3.8) is 0 Å². The molecule has 0 fully saturated rings. The summed E-state index contributed by atoms with van der Waals surface area (Å²) >= 11 is 0. The lowest BCUT2D eigenvalue weighted by Gasteiger charge is -2.21. The Labute approximate surface area is 178 Å². The van der Waals surface area contributed by atoms with E-state index in [9.17, 15) is 4.79 Å². The van der Waals surface area contributed by atoms with Crippen LogP contribution in [0.25, 0.3) is 22.0 Å². The van der Waals surface area contributed by atoms with Crippen molar-refractivity contribution in [2.45, 2.75) is 53.1 Å². The normalized spacial score (nSPS) is 11.5. The van der Waals surface area contributed by atoms with E-state index < -0.39 is 0 Å². The molecule has 0 aliphatic rings. The Balaban J connectivity index is 2.02. The predicted octanol–water partition coefficient (Wildman–Crippen LogP) is 6.50. The van der Waals surface area contributed by atoms with E-state index >= 15 is 0 Å². The molecule has 0 saturated carbocycles. The highest BCUT2D eigenvalue weighted by Crippen LogP contribution is 2.32. The van der Waals surface area contributed by atoms with Crippen LogP contribution in [-0.2, 0) is 6.54 Å². The van der Waals surface area contributed by atoms with Gasteiger partial charge in [-0.3, -0.25) is 9.48 Å². The van der Waals surface area contributed by atoms with E-state index in [1.807, 2.05) is 22.9 Å². The van der Waals surface area contributed by atoms with Gasteiger partial charge in [0.1, 0.15) is 0 Å². The van der Waals surface area contributed by atoms with Gasteiger partial charge in [-0.05, 0) is 55.0 Å². The second-order valence-electron chi connectivity index (χ2n) is 8.18. The summed E-state index contributed by atoms with van der Waals surface area (Å²) in [7, 11) is 0. The molecule has 1 aromatic heterocycles. The van der Waals surface area contributed by atoms with E-state index in [1.165, 1.54) is 11.1 Å². The van der Waals surface area contributed by atoms with E-state index in [2.05, 4.69) is 80.9 Å². The van der Waals surface area contributed by atoms with Crippen molar-refractivity contribution in [2.24, 2.45) is 0 Å². The lowest BCUT2D eigenvalue weighted by atomic mass is 9.96. The minimum absolute atomic E-state index is 0.0938. The van der Waals surface area contributed by atoms with Crippen LogP contribution in [0.1, 0.15) is 49.4 Å². The Morgan fingerprint density at radius 3 is 2.23 bits per heavy atom. The highest BCUT2D eigenvalue weighted by Gasteiger charge is 2.21. The highest BCUT2D eigenvalue weighted by atomic mass is 16.1. The maximum Gasteiger partial charge on any atom is 0.275 e. The lowest BCUT2D eigenvalue weighted by Crippen LogP contribution is -2.26. The van der Waals surface area contributed by atoms with Gasteiger partial charge in [0.15, 0.2) is 0 Å². The summed E-state index contributed by atoms with van der Waals surface area (Å²) < 4.78 is 4.20. The first kappa shape index (κ1) is 20.2.